The van der Waals surface area contributed by atoms with Gasteiger partial charge in [-0.1, -0.05) is 6.42 Å². The van der Waals surface area contributed by atoms with E-state index in [9.17, 15) is 0 Å². The van der Waals surface area contributed by atoms with Gasteiger partial charge in [-0.3, -0.25) is 0 Å². The molecule has 1 saturated carbocycles. The summed E-state index contributed by atoms with van der Waals surface area (Å²) in [7, 11) is 0. The van der Waals surface area contributed by atoms with Crippen LogP contribution in [0.3, 0.4) is 0 Å². The minimum atomic E-state index is 0.381. The highest BCUT2D eigenvalue weighted by molar-refractivity contribution is 9.10. The van der Waals surface area contributed by atoms with Crippen LogP contribution in [0.4, 0.5) is 5.95 Å². The Labute approximate surface area is 104 Å². The van der Waals surface area contributed by atoms with Crippen LogP contribution in [0.15, 0.2) is 16.9 Å². The summed E-state index contributed by atoms with van der Waals surface area (Å²) >= 11 is 3.31. The first-order valence-corrected chi connectivity index (χ1v) is 6.50. The second-order valence-corrected chi connectivity index (χ2v) is 5.31. The number of rotatable bonds is 3. The van der Waals surface area contributed by atoms with Crippen LogP contribution in [0.2, 0.25) is 0 Å². The quantitative estimate of drug-likeness (QED) is 0.893. The van der Waals surface area contributed by atoms with E-state index in [1.807, 2.05) is 0 Å². The summed E-state index contributed by atoms with van der Waals surface area (Å²) < 4.78 is 0.901. The number of nitrogens with zero attached hydrogens (tertiary/aromatic N) is 2. The molecule has 2 unspecified atom stereocenters. The Hall–Kier alpha value is -0.680. The zero-order valence-electron chi connectivity index (χ0n) is 9.19. The van der Waals surface area contributed by atoms with E-state index in [-0.39, 0.29) is 0 Å². The Balaban J connectivity index is 1.80. The molecule has 0 aromatic carbocycles. The van der Waals surface area contributed by atoms with Gasteiger partial charge in [0.25, 0.3) is 0 Å². The van der Waals surface area contributed by atoms with E-state index >= 15 is 0 Å². The highest BCUT2D eigenvalue weighted by Crippen LogP contribution is 2.23. The molecule has 0 radical (unpaired) electrons. The predicted molar refractivity (Wildman–Crippen MR) is 68.2 cm³/mol. The zero-order chi connectivity index (χ0) is 11.4. The van der Waals surface area contributed by atoms with Gasteiger partial charge in [-0.25, -0.2) is 9.97 Å². The smallest absolute Gasteiger partial charge is 0.222 e. The molecular formula is C11H17BrN4. The van der Waals surface area contributed by atoms with Gasteiger partial charge in [0.2, 0.25) is 5.95 Å². The van der Waals surface area contributed by atoms with E-state index in [1.54, 1.807) is 12.4 Å². The Morgan fingerprint density at radius 2 is 2.12 bits per heavy atom. The number of hydrogen-bond acceptors (Lipinski definition) is 4. The standard InChI is InChI=1S/C11H17BrN4/c12-9-6-15-11(16-7-9)14-5-8-2-1-3-10(13)4-8/h6-8,10H,1-5,13H2,(H,14,15,16). The normalized spacial score (nSPS) is 25.4. The van der Waals surface area contributed by atoms with Gasteiger partial charge < -0.3 is 11.1 Å². The molecule has 2 atom stereocenters. The van der Waals surface area contributed by atoms with Crippen molar-refractivity contribution in [2.24, 2.45) is 11.7 Å². The molecule has 5 heteroatoms. The van der Waals surface area contributed by atoms with Gasteiger partial charge in [-0.15, -0.1) is 0 Å². The molecule has 1 aromatic rings. The monoisotopic (exact) mass is 284 g/mol. The molecule has 1 heterocycles. The van der Waals surface area contributed by atoms with E-state index in [2.05, 4.69) is 31.2 Å². The van der Waals surface area contributed by atoms with Crippen LogP contribution in [0.1, 0.15) is 25.7 Å². The summed E-state index contributed by atoms with van der Waals surface area (Å²) in [5.41, 5.74) is 5.95. The Morgan fingerprint density at radius 3 is 2.81 bits per heavy atom. The van der Waals surface area contributed by atoms with Gasteiger partial charge in [0.05, 0.1) is 4.47 Å². The first kappa shape index (κ1) is 11.8. The fourth-order valence-corrected chi connectivity index (χ4v) is 2.36. The van der Waals surface area contributed by atoms with Crippen LogP contribution < -0.4 is 11.1 Å². The molecule has 2 rings (SSSR count). The maximum absolute atomic E-state index is 5.95. The van der Waals surface area contributed by atoms with E-state index in [0.29, 0.717) is 17.9 Å². The molecule has 0 aliphatic heterocycles. The van der Waals surface area contributed by atoms with E-state index in [1.165, 1.54) is 19.3 Å². The van der Waals surface area contributed by atoms with Crippen LogP contribution in [0.25, 0.3) is 0 Å². The van der Waals surface area contributed by atoms with E-state index in [4.69, 9.17) is 5.73 Å². The maximum Gasteiger partial charge on any atom is 0.222 e. The van der Waals surface area contributed by atoms with Crippen molar-refractivity contribution in [3.05, 3.63) is 16.9 Å². The van der Waals surface area contributed by atoms with E-state index < -0.39 is 0 Å². The molecule has 4 nitrogen and oxygen atoms in total. The number of hydrogen-bond donors (Lipinski definition) is 2. The summed E-state index contributed by atoms with van der Waals surface area (Å²) in [4.78, 5) is 8.36. The maximum atomic E-state index is 5.95. The lowest BCUT2D eigenvalue weighted by Gasteiger charge is -2.26. The van der Waals surface area contributed by atoms with Crippen molar-refractivity contribution in [3.63, 3.8) is 0 Å². The van der Waals surface area contributed by atoms with Gasteiger partial charge in [0.15, 0.2) is 0 Å². The third kappa shape index (κ3) is 3.42. The average Bonchev–Trinajstić information content (AvgIpc) is 2.28. The lowest BCUT2D eigenvalue weighted by atomic mass is 9.86. The summed E-state index contributed by atoms with van der Waals surface area (Å²) in [6.45, 7) is 0.926. The fraction of sp³-hybridized carbons (Fsp3) is 0.636. The molecule has 1 aromatic heterocycles. The molecule has 0 bridgehead atoms. The third-order valence-corrected chi connectivity index (χ3v) is 3.40. The molecular weight excluding hydrogens is 268 g/mol. The summed E-state index contributed by atoms with van der Waals surface area (Å²) in [5, 5.41) is 3.26. The lowest BCUT2D eigenvalue weighted by Crippen LogP contribution is -2.31. The molecule has 1 aliphatic carbocycles. The number of halogens is 1. The number of nitrogens with two attached hydrogens (primary N) is 1. The molecule has 0 saturated heterocycles. The van der Waals surface area contributed by atoms with Crippen LogP contribution in [-0.4, -0.2) is 22.6 Å². The average molecular weight is 285 g/mol. The summed E-state index contributed by atoms with van der Waals surface area (Å²) in [6, 6.07) is 0.381. The third-order valence-electron chi connectivity index (χ3n) is 2.99. The van der Waals surface area contributed by atoms with Crippen molar-refractivity contribution in [2.45, 2.75) is 31.7 Å². The first-order chi connectivity index (χ1) is 7.74. The summed E-state index contributed by atoms with van der Waals surface area (Å²) in [6.07, 6.45) is 8.30. The van der Waals surface area contributed by atoms with Crippen molar-refractivity contribution in [3.8, 4) is 0 Å². The molecule has 16 heavy (non-hydrogen) atoms. The van der Waals surface area contributed by atoms with Crippen molar-refractivity contribution in [2.75, 3.05) is 11.9 Å². The van der Waals surface area contributed by atoms with Crippen LogP contribution in [0.5, 0.6) is 0 Å². The molecule has 88 valence electrons. The molecule has 0 amide bonds. The minimum Gasteiger partial charge on any atom is -0.354 e. The Morgan fingerprint density at radius 1 is 1.38 bits per heavy atom. The zero-order valence-corrected chi connectivity index (χ0v) is 10.8. The molecule has 3 N–H and O–H groups in total. The predicted octanol–water partition coefficient (Wildman–Crippen LogP) is 2.17. The van der Waals surface area contributed by atoms with Crippen molar-refractivity contribution in [1.29, 1.82) is 0 Å². The molecule has 1 aliphatic rings. The SMILES string of the molecule is NC1CCCC(CNc2ncc(Br)cn2)C1. The van der Waals surface area contributed by atoms with Crippen LogP contribution >= 0.6 is 15.9 Å². The van der Waals surface area contributed by atoms with Crippen molar-refractivity contribution < 1.29 is 0 Å². The van der Waals surface area contributed by atoms with Crippen LogP contribution in [-0.2, 0) is 0 Å². The Bertz CT molecular complexity index is 327. The lowest BCUT2D eigenvalue weighted by molar-refractivity contribution is 0.334. The fourth-order valence-electron chi connectivity index (χ4n) is 2.16. The number of anilines is 1. The van der Waals surface area contributed by atoms with Crippen molar-refractivity contribution in [1.82, 2.24) is 9.97 Å². The highest BCUT2D eigenvalue weighted by atomic mass is 79.9. The number of aromatic nitrogens is 2. The second kappa shape index (κ2) is 5.59. The van der Waals surface area contributed by atoms with Gasteiger partial charge in [-0.05, 0) is 41.1 Å². The summed E-state index contributed by atoms with van der Waals surface area (Å²) in [5.74, 6) is 1.36. The van der Waals surface area contributed by atoms with Gasteiger partial charge in [0.1, 0.15) is 0 Å². The number of nitrogens with one attached hydrogen (secondary N) is 1. The van der Waals surface area contributed by atoms with Crippen molar-refractivity contribution >= 4 is 21.9 Å². The largest absolute Gasteiger partial charge is 0.354 e. The first-order valence-electron chi connectivity index (χ1n) is 5.71. The molecule has 1 fully saturated rings. The van der Waals surface area contributed by atoms with Gasteiger partial charge in [-0.2, -0.15) is 0 Å². The minimum absolute atomic E-state index is 0.381. The topological polar surface area (TPSA) is 63.8 Å². The molecule has 0 spiro atoms. The highest BCUT2D eigenvalue weighted by Gasteiger charge is 2.18. The van der Waals surface area contributed by atoms with Gasteiger partial charge >= 0.3 is 0 Å². The van der Waals surface area contributed by atoms with E-state index in [0.717, 1.165) is 17.4 Å². The Kier molecular flexibility index (Phi) is 4.12. The van der Waals surface area contributed by atoms with Gasteiger partial charge in [0, 0.05) is 25.0 Å². The second-order valence-electron chi connectivity index (χ2n) is 4.40. The van der Waals surface area contributed by atoms with Crippen LogP contribution in [0, 0.1) is 5.92 Å².